The number of urea groups is 1. The van der Waals surface area contributed by atoms with E-state index in [1.807, 2.05) is 11.4 Å². The summed E-state index contributed by atoms with van der Waals surface area (Å²) in [5.41, 5.74) is 5.61. The SMILES string of the molecule is C#CCN[C@H](C(=O)NC(N)=O)c1ccccc1. The van der Waals surface area contributed by atoms with Gasteiger partial charge in [-0.2, -0.15) is 0 Å². The average Bonchev–Trinajstić information content (AvgIpc) is 2.30. The molecule has 1 atom stereocenters. The van der Waals surface area contributed by atoms with Crippen LogP contribution in [0.5, 0.6) is 0 Å². The summed E-state index contributed by atoms with van der Waals surface area (Å²) >= 11 is 0. The van der Waals surface area contributed by atoms with Gasteiger partial charge in [0.25, 0.3) is 0 Å². The van der Waals surface area contributed by atoms with Gasteiger partial charge in [-0.25, -0.2) is 4.79 Å². The van der Waals surface area contributed by atoms with Gasteiger partial charge in [-0.3, -0.25) is 15.4 Å². The van der Waals surface area contributed by atoms with E-state index in [0.29, 0.717) is 5.56 Å². The number of rotatable bonds is 4. The summed E-state index contributed by atoms with van der Waals surface area (Å²) < 4.78 is 0. The van der Waals surface area contributed by atoms with Crippen LogP contribution in [0.15, 0.2) is 30.3 Å². The van der Waals surface area contributed by atoms with Crippen molar-refractivity contribution in [2.24, 2.45) is 5.73 Å². The molecule has 0 unspecified atom stereocenters. The number of hydrogen-bond donors (Lipinski definition) is 3. The molecule has 0 radical (unpaired) electrons. The molecule has 0 aliphatic carbocycles. The highest BCUT2D eigenvalue weighted by atomic mass is 16.2. The fourth-order valence-electron chi connectivity index (χ4n) is 1.36. The van der Waals surface area contributed by atoms with Crippen molar-refractivity contribution in [3.63, 3.8) is 0 Å². The molecule has 0 aliphatic heterocycles. The number of carbonyl (C=O) groups is 2. The second kappa shape index (κ2) is 6.30. The zero-order valence-electron chi connectivity index (χ0n) is 9.14. The Balaban J connectivity index is 2.84. The lowest BCUT2D eigenvalue weighted by Crippen LogP contribution is -2.43. The molecule has 1 aromatic carbocycles. The summed E-state index contributed by atoms with van der Waals surface area (Å²) in [7, 11) is 0. The van der Waals surface area contributed by atoms with Gasteiger partial charge in [-0.05, 0) is 5.56 Å². The van der Waals surface area contributed by atoms with E-state index < -0.39 is 18.0 Å². The molecule has 1 rings (SSSR count). The van der Waals surface area contributed by atoms with Gasteiger partial charge < -0.3 is 5.73 Å². The first kappa shape index (κ1) is 12.7. The third-order valence-electron chi connectivity index (χ3n) is 2.05. The number of nitrogens with two attached hydrogens (primary N) is 1. The van der Waals surface area contributed by atoms with Crippen LogP contribution in [0.2, 0.25) is 0 Å². The topological polar surface area (TPSA) is 84.2 Å². The predicted octanol–water partition coefficient (Wildman–Crippen LogP) is 0.145. The Morgan fingerprint density at radius 1 is 1.35 bits per heavy atom. The molecule has 4 N–H and O–H groups in total. The zero-order chi connectivity index (χ0) is 12.7. The number of primary amides is 1. The van der Waals surface area contributed by atoms with E-state index >= 15 is 0 Å². The van der Waals surface area contributed by atoms with Gasteiger partial charge in [-0.1, -0.05) is 36.3 Å². The molecule has 1 aromatic rings. The second-order valence-corrected chi connectivity index (χ2v) is 3.28. The lowest BCUT2D eigenvalue weighted by atomic mass is 10.1. The quantitative estimate of drug-likeness (QED) is 0.645. The summed E-state index contributed by atoms with van der Waals surface area (Å²) in [5.74, 6) is 1.84. The molecule has 5 nitrogen and oxygen atoms in total. The van der Waals surface area contributed by atoms with Crippen LogP contribution in [0.1, 0.15) is 11.6 Å². The van der Waals surface area contributed by atoms with Gasteiger partial charge >= 0.3 is 6.03 Å². The highest BCUT2D eigenvalue weighted by Gasteiger charge is 2.20. The van der Waals surface area contributed by atoms with Crippen LogP contribution >= 0.6 is 0 Å². The first-order valence-corrected chi connectivity index (χ1v) is 4.97. The van der Waals surface area contributed by atoms with E-state index in [9.17, 15) is 9.59 Å². The second-order valence-electron chi connectivity index (χ2n) is 3.28. The molecule has 17 heavy (non-hydrogen) atoms. The standard InChI is InChI=1S/C12H13N3O2/c1-2-8-14-10(11(16)15-12(13)17)9-6-4-3-5-7-9/h1,3-7,10,14H,8H2,(H3,13,15,16,17)/t10-/m0/s1. The maximum absolute atomic E-state index is 11.7. The Morgan fingerprint density at radius 3 is 2.53 bits per heavy atom. The van der Waals surface area contributed by atoms with Crippen molar-refractivity contribution >= 4 is 11.9 Å². The van der Waals surface area contributed by atoms with E-state index in [1.165, 1.54) is 0 Å². The third-order valence-corrected chi connectivity index (χ3v) is 2.05. The van der Waals surface area contributed by atoms with Crippen molar-refractivity contribution in [1.29, 1.82) is 0 Å². The van der Waals surface area contributed by atoms with Crippen LogP contribution < -0.4 is 16.4 Å². The van der Waals surface area contributed by atoms with Crippen LogP contribution in [0.25, 0.3) is 0 Å². The van der Waals surface area contributed by atoms with Gasteiger partial charge in [0.05, 0.1) is 6.54 Å². The predicted molar refractivity (Wildman–Crippen MR) is 63.7 cm³/mol. The highest BCUT2D eigenvalue weighted by Crippen LogP contribution is 2.12. The van der Waals surface area contributed by atoms with Gasteiger partial charge in [0, 0.05) is 0 Å². The van der Waals surface area contributed by atoms with E-state index in [-0.39, 0.29) is 6.54 Å². The fourth-order valence-corrected chi connectivity index (χ4v) is 1.36. The number of terminal acetylenes is 1. The molecule has 88 valence electrons. The van der Waals surface area contributed by atoms with Crippen LogP contribution in [0.3, 0.4) is 0 Å². The molecule has 0 fully saturated rings. The molecule has 5 heteroatoms. The number of benzene rings is 1. The van der Waals surface area contributed by atoms with Crippen molar-refractivity contribution in [1.82, 2.24) is 10.6 Å². The Hall–Kier alpha value is -2.32. The van der Waals surface area contributed by atoms with Crippen LogP contribution in [-0.4, -0.2) is 18.5 Å². The molecule has 0 spiro atoms. The largest absolute Gasteiger partial charge is 0.351 e. The highest BCUT2D eigenvalue weighted by molar-refractivity contribution is 5.96. The molecule has 0 heterocycles. The minimum Gasteiger partial charge on any atom is -0.351 e. The van der Waals surface area contributed by atoms with Crippen molar-refractivity contribution in [2.75, 3.05) is 6.54 Å². The summed E-state index contributed by atoms with van der Waals surface area (Å²) in [5, 5.41) is 4.85. The minimum absolute atomic E-state index is 0.214. The molecule has 0 saturated heterocycles. The van der Waals surface area contributed by atoms with Gasteiger partial charge in [0.2, 0.25) is 5.91 Å². The van der Waals surface area contributed by atoms with Crippen LogP contribution in [0, 0.1) is 12.3 Å². The molecule has 0 saturated carbocycles. The average molecular weight is 231 g/mol. The van der Waals surface area contributed by atoms with Crippen molar-refractivity contribution in [3.05, 3.63) is 35.9 Å². The maximum atomic E-state index is 11.7. The molecule has 0 aliphatic rings. The molecule has 0 bridgehead atoms. The molecule has 3 amide bonds. The third kappa shape index (κ3) is 3.97. The summed E-state index contributed by atoms with van der Waals surface area (Å²) in [6.07, 6.45) is 5.12. The first-order valence-electron chi connectivity index (χ1n) is 4.97. The molecular formula is C12H13N3O2. The maximum Gasteiger partial charge on any atom is 0.318 e. The van der Waals surface area contributed by atoms with Crippen molar-refractivity contribution in [2.45, 2.75) is 6.04 Å². The number of carbonyl (C=O) groups excluding carboxylic acids is 2. The number of hydrogen-bond acceptors (Lipinski definition) is 3. The zero-order valence-corrected chi connectivity index (χ0v) is 9.14. The summed E-state index contributed by atoms with van der Waals surface area (Å²) in [4.78, 5) is 22.4. The van der Waals surface area contributed by atoms with Crippen LogP contribution in [0.4, 0.5) is 4.79 Å². The van der Waals surface area contributed by atoms with Crippen molar-refractivity contribution < 1.29 is 9.59 Å². The Kier molecular flexibility index (Phi) is 4.73. The monoisotopic (exact) mass is 231 g/mol. The van der Waals surface area contributed by atoms with E-state index in [2.05, 4.69) is 11.2 Å². The lowest BCUT2D eigenvalue weighted by molar-refractivity contribution is -0.122. The Bertz CT molecular complexity index is 437. The van der Waals surface area contributed by atoms with E-state index in [4.69, 9.17) is 12.2 Å². The summed E-state index contributed by atoms with van der Waals surface area (Å²) in [6, 6.07) is 7.34. The first-order chi connectivity index (χ1) is 8.15. The lowest BCUT2D eigenvalue weighted by Gasteiger charge is -2.16. The Labute approximate surface area is 99.4 Å². The van der Waals surface area contributed by atoms with Gasteiger partial charge in [0.1, 0.15) is 6.04 Å². The number of imide groups is 1. The fraction of sp³-hybridized carbons (Fsp3) is 0.167. The number of nitrogens with one attached hydrogen (secondary N) is 2. The van der Waals surface area contributed by atoms with E-state index in [0.717, 1.165) is 0 Å². The number of amides is 3. The molecular weight excluding hydrogens is 218 g/mol. The van der Waals surface area contributed by atoms with E-state index in [1.54, 1.807) is 24.3 Å². The minimum atomic E-state index is -0.890. The molecule has 0 aromatic heterocycles. The Morgan fingerprint density at radius 2 is 2.00 bits per heavy atom. The van der Waals surface area contributed by atoms with Crippen LogP contribution in [-0.2, 0) is 4.79 Å². The van der Waals surface area contributed by atoms with Crippen molar-refractivity contribution in [3.8, 4) is 12.3 Å². The smallest absolute Gasteiger partial charge is 0.318 e. The van der Waals surface area contributed by atoms with Gasteiger partial charge in [-0.15, -0.1) is 6.42 Å². The summed E-state index contributed by atoms with van der Waals surface area (Å²) in [6.45, 7) is 0.214. The normalized spacial score (nSPS) is 11.2. The van der Waals surface area contributed by atoms with Gasteiger partial charge in [0.15, 0.2) is 0 Å².